The monoisotopic (exact) mass is 612 g/mol. The number of hydrogen-bond acceptors (Lipinski definition) is 10. The molecule has 2 atom stereocenters. The second-order valence-electron chi connectivity index (χ2n) is 10.8. The summed E-state index contributed by atoms with van der Waals surface area (Å²) in [6, 6.07) is 9.33. The van der Waals surface area contributed by atoms with Gasteiger partial charge in [-0.1, -0.05) is 31.5 Å². The largest absolute Gasteiger partial charge is 0.338 e. The number of nitrogens with zero attached hydrogens (tertiary/aromatic N) is 5. The van der Waals surface area contributed by atoms with Crippen LogP contribution in [0.3, 0.4) is 0 Å². The Morgan fingerprint density at radius 2 is 1.49 bits per heavy atom. The van der Waals surface area contributed by atoms with Gasteiger partial charge < -0.3 is 4.90 Å². The number of hydrazine groups is 1. The van der Waals surface area contributed by atoms with Crippen molar-refractivity contribution in [3.63, 3.8) is 0 Å². The summed E-state index contributed by atoms with van der Waals surface area (Å²) in [5, 5.41) is 7.29. The number of nitrogen functional groups attached to an aromatic ring is 1. The third kappa shape index (κ3) is 11.8. The van der Waals surface area contributed by atoms with Crippen LogP contribution in [0.4, 0.5) is 0 Å². The van der Waals surface area contributed by atoms with E-state index in [1.165, 1.54) is 24.4 Å². The highest BCUT2D eigenvalue weighted by Gasteiger charge is 2.26. The van der Waals surface area contributed by atoms with Gasteiger partial charge in [0.2, 0.25) is 15.8 Å². The average Bonchev–Trinajstić information content (AvgIpc) is 2.92. The zero-order chi connectivity index (χ0) is 32.3. The molecule has 1 aliphatic heterocycles. The topological polar surface area (TPSA) is 190 Å². The van der Waals surface area contributed by atoms with Gasteiger partial charge in [-0.05, 0) is 75.3 Å². The Balaban J connectivity index is 0.000000233. The van der Waals surface area contributed by atoms with Gasteiger partial charge in [0.15, 0.2) is 5.69 Å². The molecule has 0 saturated carbocycles. The van der Waals surface area contributed by atoms with E-state index in [0.717, 1.165) is 41.7 Å². The fourth-order valence-corrected chi connectivity index (χ4v) is 4.80. The fourth-order valence-electron chi connectivity index (χ4n) is 4.37. The van der Waals surface area contributed by atoms with E-state index < -0.39 is 21.8 Å². The summed E-state index contributed by atoms with van der Waals surface area (Å²) in [6.07, 6.45) is 4.99. The number of likely N-dealkylation sites (tertiary alicyclic amines) is 1. The highest BCUT2D eigenvalue weighted by molar-refractivity contribution is 7.89. The van der Waals surface area contributed by atoms with Gasteiger partial charge in [0.25, 0.3) is 11.8 Å². The van der Waals surface area contributed by atoms with Crippen LogP contribution in [0, 0.1) is 39.5 Å². The quantitative estimate of drug-likeness (QED) is 0.224. The van der Waals surface area contributed by atoms with E-state index >= 15 is 0 Å². The first-order valence-corrected chi connectivity index (χ1v) is 15.5. The SMILES string of the molecule is Cc1ccc(C(=O)N2CC(C)CC(C)C2)c(C)c1.Cc1ccc(C(=O)NN)nn1.Cc1cnc(C(=O)NS(C)(=O)=O)nc1. The molecule has 1 saturated heterocycles. The van der Waals surface area contributed by atoms with Gasteiger partial charge in [0, 0.05) is 31.0 Å². The molecular weight excluding hydrogens is 572 g/mol. The van der Waals surface area contributed by atoms with Crippen molar-refractivity contribution in [2.45, 2.75) is 48.0 Å². The number of carbonyl (C=O) groups excluding carboxylic acids is 3. The van der Waals surface area contributed by atoms with Crippen LogP contribution in [0.25, 0.3) is 0 Å². The third-order valence-electron chi connectivity index (χ3n) is 6.19. The number of rotatable bonds is 4. The average molecular weight is 613 g/mol. The summed E-state index contributed by atoms with van der Waals surface area (Å²) in [6.45, 7) is 13.9. The van der Waals surface area contributed by atoms with E-state index in [9.17, 15) is 22.8 Å². The zero-order valence-electron chi connectivity index (χ0n) is 25.6. The minimum Gasteiger partial charge on any atom is -0.338 e. The number of sulfonamides is 1. The van der Waals surface area contributed by atoms with E-state index in [-0.39, 0.29) is 17.4 Å². The normalized spacial score (nSPS) is 16.0. The molecule has 232 valence electrons. The Hall–Kier alpha value is -4.30. The lowest BCUT2D eigenvalue weighted by molar-refractivity contribution is 0.0622. The predicted octanol–water partition coefficient (Wildman–Crippen LogP) is 2.28. The lowest BCUT2D eigenvalue weighted by Crippen LogP contribution is -2.42. The molecule has 1 aliphatic rings. The molecular formula is C29H40N8O5S. The van der Waals surface area contributed by atoms with E-state index in [1.807, 2.05) is 29.4 Å². The molecule has 4 rings (SSSR count). The van der Waals surface area contributed by atoms with Crippen molar-refractivity contribution in [3.05, 3.63) is 82.2 Å². The predicted molar refractivity (Wildman–Crippen MR) is 162 cm³/mol. The van der Waals surface area contributed by atoms with Crippen molar-refractivity contribution < 1.29 is 22.8 Å². The van der Waals surface area contributed by atoms with Crippen molar-refractivity contribution >= 4 is 27.7 Å². The standard InChI is InChI=1S/C16H23NO.C7H9N3O3S.C6H8N4O/c1-11-5-6-15(14(4)8-11)16(18)17-9-12(2)7-13(3)10-17;1-5-3-8-6(9-4-5)7(11)10-14(2,12)13;1-4-2-3-5(10-9-4)6(11)8-7/h5-6,8,12-13H,7,9-10H2,1-4H3;3-4H,1-2H3,(H,10,11);2-3H,7H2,1H3,(H,8,11). The first-order valence-electron chi connectivity index (χ1n) is 13.6. The van der Waals surface area contributed by atoms with Crippen LogP contribution < -0.4 is 16.0 Å². The van der Waals surface area contributed by atoms with Crippen LogP contribution in [0.2, 0.25) is 0 Å². The number of nitrogens with one attached hydrogen (secondary N) is 2. The molecule has 2 aromatic heterocycles. The van der Waals surface area contributed by atoms with Crippen molar-refractivity contribution in [2.75, 3.05) is 19.3 Å². The summed E-state index contributed by atoms with van der Waals surface area (Å²) in [5.74, 6) is 4.88. The smallest absolute Gasteiger partial charge is 0.302 e. The minimum absolute atomic E-state index is 0.166. The lowest BCUT2D eigenvalue weighted by Gasteiger charge is -2.35. The Morgan fingerprint density at radius 1 is 0.884 bits per heavy atom. The Kier molecular flexibility index (Phi) is 12.8. The van der Waals surface area contributed by atoms with Crippen LogP contribution in [-0.2, 0) is 10.0 Å². The van der Waals surface area contributed by atoms with Crippen molar-refractivity contribution in [3.8, 4) is 0 Å². The number of hydrogen-bond donors (Lipinski definition) is 3. The van der Waals surface area contributed by atoms with Gasteiger partial charge in [-0.2, -0.15) is 5.10 Å². The first kappa shape index (κ1) is 34.9. The Morgan fingerprint density at radius 3 is 1.98 bits per heavy atom. The molecule has 0 radical (unpaired) electrons. The van der Waals surface area contributed by atoms with E-state index in [2.05, 4.69) is 47.0 Å². The fraction of sp³-hybridized carbons (Fsp3) is 0.414. The third-order valence-corrected chi connectivity index (χ3v) is 6.75. The molecule has 13 nitrogen and oxygen atoms in total. The Labute approximate surface area is 252 Å². The minimum atomic E-state index is -3.56. The molecule has 43 heavy (non-hydrogen) atoms. The maximum atomic E-state index is 12.5. The highest BCUT2D eigenvalue weighted by Crippen LogP contribution is 2.23. The maximum absolute atomic E-state index is 12.5. The van der Waals surface area contributed by atoms with Crippen molar-refractivity contribution in [1.82, 2.24) is 35.2 Å². The van der Waals surface area contributed by atoms with Gasteiger partial charge in [0.05, 0.1) is 11.9 Å². The molecule has 3 heterocycles. The Bertz CT molecular complexity index is 1500. The number of benzene rings is 1. The number of nitrogens with two attached hydrogens (primary N) is 1. The molecule has 0 aliphatic carbocycles. The number of carbonyl (C=O) groups is 3. The highest BCUT2D eigenvalue weighted by atomic mass is 32.2. The van der Waals surface area contributed by atoms with Gasteiger partial charge in [-0.3, -0.25) is 19.8 Å². The van der Waals surface area contributed by atoms with Crippen LogP contribution in [0.15, 0.2) is 42.7 Å². The van der Waals surface area contributed by atoms with Gasteiger partial charge >= 0.3 is 5.91 Å². The number of aryl methyl sites for hydroxylation is 4. The summed E-state index contributed by atoms with van der Waals surface area (Å²) >= 11 is 0. The molecule has 1 fully saturated rings. The van der Waals surface area contributed by atoms with Crippen LogP contribution in [0.1, 0.15) is 74.1 Å². The molecule has 4 N–H and O–H groups in total. The van der Waals surface area contributed by atoms with Crippen LogP contribution >= 0.6 is 0 Å². The second-order valence-corrected chi connectivity index (χ2v) is 12.5. The first-order chi connectivity index (χ1) is 20.1. The second kappa shape index (κ2) is 15.8. The molecule has 1 aromatic carbocycles. The maximum Gasteiger partial charge on any atom is 0.302 e. The van der Waals surface area contributed by atoms with E-state index in [1.54, 1.807) is 30.7 Å². The van der Waals surface area contributed by atoms with E-state index in [4.69, 9.17) is 5.84 Å². The zero-order valence-corrected chi connectivity index (χ0v) is 26.4. The molecule has 0 spiro atoms. The number of amides is 3. The van der Waals surface area contributed by atoms with Gasteiger partial charge in [-0.25, -0.2) is 29.0 Å². The van der Waals surface area contributed by atoms with Gasteiger partial charge in [-0.15, -0.1) is 5.10 Å². The lowest BCUT2D eigenvalue weighted by atomic mass is 9.91. The van der Waals surface area contributed by atoms with Gasteiger partial charge in [0.1, 0.15) is 0 Å². The molecule has 3 amide bonds. The van der Waals surface area contributed by atoms with Crippen LogP contribution in [-0.4, -0.2) is 70.5 Å². The van der Waals surface area contributed by atoms with Crippen molar-refractivity contribution in [2.24, 2.45) is 17.7 Å². The summed E-state index contributed by atoms with van der Waals surface area (Å²) in [4.78, 5) is 43.9. The molecule has 3 aromatic rings. The van der Waals surface area contributed by atoms with Crippen molar-refractivity contribution in [1.29, 1.82) is 0 Å². The molecule has 2 unspecified atom stereocenters. The number of aromatic nitrogens is 4. The van der Waals surface area contributed by atoms with Crippen LogP contribution in [0.5, 0.6) is 0 Å². The number of piperidine rings is 1. The van der Waals surface area contributed by atoms with E-state index in [0.29, 0.717) is 11.8 Å². The molecule has 14 heteroatoms. The summed E-state index contributed by atoms with van der Waals surface area (Å²) in [7, 11) is -3.56. The summed E-state index contributed by atoms with van der Waals surface area (Å²) in [5.41, 5.74) is 6.90. The summed E-state index contributed by atoms with van der Waals surface area (Å²) < 4.78 is 23.2. The molecule has 0 bridgehead atoms.